The lowest BCUT2D eigenvalue weighted by Gasteiger charge is -2.06. The Balaban J connectivity index is 2.96. The van der Waals surface area contributed by atoms with Gasteiger partial charge in [0.2, 0.25) is 0 Å². The van der Waals surface area contributed by atoms with Crippen molar-refractivity contribution < 1.29 is 13.2 Å². The summed E-state index contributed by atoms with van der Waals surface area (Å²) < 4.78 is 36.8. The largest absolute Gasteiger partial charge is 0.439 e. The second-order valence-electron chi connectivity index (χ2n) is 2.45. The predicted molar refractivity (Wildman–Crippen MR) is 53.1 cm³/mol. The average Bonchev–Trinajstić information content (AvgIpc) is 2.14. The molecule has 14 heavy (non-hydrogen) atoms. The van der Waals surface area contributed by atoms with Gasteiger partial charge in [-0.15, -0.1) is 11.8 Å². The number of halogens is 3. The number of rotatable bonds is 1. The van der Waals surface area contributed by atoms with Gasteiger partial charge in [-0.2, -0.15) is 13.2 Å². The van der Waals surface area contributed by atoms with Crippen LogP contribution in [0.5, 0.6) is 0 Å². The van der Waals surface area contributed by atoms with Gasteiger partial charge in [0.15, 0.2) is 5.04 Å². The van der Waals surface area contributed by atoms with E-state index in [1.165, 1.54) is 18.4 Å². The summed E-state index contributed by atoms with van der Waals surface area (Å²) in [5, 5.41) is -0.830. The Hall–Kier alpha value is -0.970. The zero-order chi connectivity index (χ0) is 10.6. The first kappa shape index (κ1) is 11.1. The Morgan fingerprint density at radius 3 is 2.21 bits per heavy atom. The topological polar surface area (TPSA) is 12.4 Å². The maximum Gasteiger partial charge on any atom is 0.439 e. The van der Waals surface area contributed by atoms with Crippen LogP contribution in [0.4, 0.5) is 18.9 Å². The molecule has 0 aliphatic heterocycles. The summed E-state index contributed by atoms with van der Waals surface area (Å²) in [6, 6.07) is 8.08. The SMILES string of the molecule is CSC(=Nc1ccccc1)C(F)(F)F. The molecule has 0 aliphatic rings. The molecular weight excluding hydrogens is 211 g/mol. The fraction of sp³-hybridized carbons (Fsp3) is 0.222. The first-order chi connectivity index (χ1) is 6.54. The van der Waals surface area contributed by atoms with E-state index in [0.717, 1.165) is 0 Å². The number of aliphatic imine (C=N–C) groups is 1. The van der Waals surface area contributed by atoms with Crippen molar-refractivity contribution >= 4 is 22.5 Å². The molecule has 1 rings (SSSR count). The molecule has 76 valence electrons. The molecule has 0 aromatic heterocycles. The highest BCUT2D eigenvalue weighted by atomic mass is 32.2. The van der Waals surface area contributed by atoms with Gasteiger partial charge in [-0.1, -0.05) is 18.2 Å². The monoisotopic (exact) mass is 219 g/mol. The second-order valence-corrected chi connectivity index (χ2v) is 3.25. The molecule has 1 aromatic carbocycles. The molecule has 0 bridgehead atoms. The van der Waals surface area contributed by atoms with Gasteiger partial charge in [0, 0.05) is 0 Å². The Kier molecular flexibility index (Phi) is 3.57. The van der Waals surface area contributed by atoms with E-state index >= 15 is 0 Å². The molecule has 0 fully saturated rings. The molecule has 0 amide bonds. The van der Waals surface area contributed by atoms with Crippen molar-refractivity contribution in [2.24, 2.45) is 4.99 Å². The normalized spacial score (nSPS) is 13.0. The van der Waals surface area contributed by atoms with Crippen molar-refractivity contribution in [2.75, 3.05) is 6.26 Å². The van der Waals surface area contributed by atoms with Gasteiger partial charge in [0.25, 0.3) is 0 Å². The number of hydrogen-bond donors (Lipinski definition) is 0. The third-order valence-corrected chi connectivity index (χ3v) is 2.13. The maximum absolute atomic E-state index is 12.3. The summed E-state index contributed by atoms with van der Waals surface area (Å²) in [6.45, 7) is 0. The standard InChI is InChI=1S/C9H8F3NS/c1-14-8(9(10,11)12)13-7-5-3-2-4-6-7/h2-6H,1H3. The molecule has 0 saturated carbocycles. The molecular formula is C9H8F3NS. The molecule has 0 atom stereocenters. The minimum Gasteiger partial charge on any atom is -0.237 e. The predicted octanol–water partition coefficient (Wildman–Crippen LogP) is 3.64. The molecule has 0 radical (unpaired) electrons. The van der Waals surface area contributed by atoms with Crippen molar-refractivity contribution in [3.63, 3.8) is 0 Å². The van der Waals surface area contributed by atoms with Crippen LogP contribution in [0, 0.1) is 0 Å². The fourth-order valence-corrected chi connectivity index (χ4v) is 1.27. The van der Waals surface area contributed by atoms with Crippen LogP contribution in [0.15, 0.2) is 35.3 Å². The van der Waals surface area contributed by atoms with E-state index in [1.54, 1.807) is 18.2 Å². The van der Waals surface area contributed by atoms with Crippen LogP contribution >= 0.6 is 11.8 Å². The van der Waals surface area contributed by atoms with Crippen molar-refractivity contribution in [3.8, 4) is 0 Å². The van der Waals surface area contributed by atoms with Gasteiger partial charge in [-0.3, -0.25) is 0 Å². The van der Waals surface area contributed by atoms with Crippen molar-refractivity contribution in [1.29, 1.82) is 0 Å². The molecule has 0 unspecified atom stereocenters. The summed E-state index contributed by atoms with van der Waals surface area (Å²) in [5.74, 6) is 0. The third kappa shape index (κ3) is 3.06. The Bertz CT molecular complexity index is 319. The van der Waals surface area contributed by atoms with E-state index in [4.69, 9.17) is 0 Å². The van der Waals surface area contributed by atoms with Crippen LogP contribution in [0.1, 0.15) is 0 Å². The lowest BCUT2D eigenvalue weighted by molar-refractivity contribution is -0.0553. The molecule has 5 heteroatoms. The molecule has 0 N–H and O–H groups in total. The molecule has 1 aromatic rings. The van der Waals surface area contributed by atoms with Crippen LogP contribution in [-0.2, 0) is 0 Å². The highest BCUT2D eigenvalue weighted by Crippen LogP contribution is 2.26. The van der Waals surface area contributed by atoms with Crippen molar-refractivity contribution in [1.82, 2.24) is 0 Å². The number of benzene rings is 1. The average molecular weight is 219 g/mol. The summed E-state index contributed by atoms with van der Waals surface area (Å²) >= 11 is 0.597. The summed E-state index contributed by atoms with van der Waals surface area (Å²) in [5.41, 5.74) is 0.314. The highest BCUT2D eigenvalue weighted by Gasteiger charge is 2.35. The number of thioether (sulfide) groups is 1. The lowest BCUT2D eigenvalue weighted by Crippen LogP contribution is -2.18. The van der Waals surface area contributed by atoms with Gasteiger partial charge in [0.1, 0.15) is 0 Å². The summed E-state index contributed by atoms with van der Waals surface area (Å²) in [6.07, 6.45) is -3.01. The van der Waals surface area contributed by atoms with Gasteiger partial charge in [-0.25, -0.2) is 4.99 Å². The Labute approximate surface area is 84.0 Å². The lowest BCUT2D eigenvalue weighted by atomic mass is 10.3. The minimum absolute atomic E-state index is 0.314. The first-order valence-corrected chi connectivity index (χ1v) is 5.01. The Morgan fingerprint density at radius 1 is 1.21 bits per heavy atom. The molecule has 0 spiro atoms. The van der Waals surface area contributed by atoms with Crippen LogP contribution in [0.25, 0.3) is 0 Å². The maximum atomic E-state index is 12.3. The molecule has 0 heterocycles. The minimum atomic E-state index is -4.37. The van der Waals surface area contributed by atoms with Gasteiger partial charge in [-0.05, 0) is 18.4 Å². The second kappa shape index (κ2) is 4.50. The van der Waals surface area contributed by atoms with Gasteiger partial charge >= 0.3 is 6.18 Å². The van der Waals surface area contributed by atoms with E-state index in [-0.39, 0.29) is 0 Å². The van der Waals surface area contributed by atoms with E-state index in [0.29, 0.717) is 17.4 Å². The summed E-state index contributed by atoms with van der Waals surface area (Å²) in [4.78, 5) is 3.50. The summed E-state index contributed by atoms with van der Waals surface area (Å²) in [7, 11) is 0. The Morgan fingerprint density at radius 2 is 1.79 bits per heavy atom. The fourth-order valence-electron chi connectivity index (χ4n) is 0.845. The number of alkyl halides is 3. The van der Waals surface area contributed by atoms with Crippen molar-refractivity contribution in [3.05, 3.63) is 30.3 Å². The van der Waals surface area contributed by atoms with E-state index < -0.39 is 11.2 Å². The molecule has 1 nitrogen and oxygen atoms in total. The quantitative estimate of drug-likeness (QED) is 0.519. The number of para-hydroxylation sites is 1. The van der Waals surface area contributed by atoms with E-state index in [2.05, 4.69) is 4.99 Å². The van der Waals surface area contributed by atoms with Crippen LogP contribution in [0.2, 0.25) is 0 Å². The van der Waals surface area contributed by atoms with Crippen LogP contribution in [-0.4, -0.2) is 17.5 Å². The number of hydrogen-bond acceptors (Lipinski definition) is 2. The molecule has 0 aliphatic carbocycles. The van der Waals surface area contributed by atoms with Crippen LogP contribution in [0.3, 0.4) is 0 Å². The third-order valence-electron chi connectivity index (χ3n) is 1.42. The number of nitrogens with zero attached hydrogens (tertiary/aromatic N) is 1. The first-order valence-electron chi connectivity index (χ1n) is 3.79. The van der Waals surface area contributed by atoms with Gasteiger partial charge < -0.3 is 0 Å². The van der Waals surface area contributed by atoms with Crippen LogP contribution < -0.4 is 0 Å². The molecule has 0 saturated heterocycles. The zero-order valence-electron chi connectivity index (χ0n) is 7.38. The van der Waals surface area contributed by atoms with Crippen molar-refractivity contribution in [2.45, 2.75) is 6.18 Å². The van der Waals surface area contributed by atoms with E-state index in [1.807, 2.05) is 0 Å². The zero-order valence-corrected chi connectivity index (χ0v) is 8.19. The van der Waals surface area contributed by atoms with Gasteiger partial charge in [0.05, 0.1) is 5.69 Å². The van der Waals surface area contributed by atoms with E-state index in [9.17, 15) is 13.2 Å². The highest BCUT2D eigenvalue weighted by molar-refractivity contribution is 8.13. The smallest absolute Gasteiger partial charge is 0.237 e.